The lowest BCUT2D eigenvalue weighted by atomic mass is 10.1. The molecule has 1 amide bonds. The number of rotatable bonds is 3. The molecule has 0 bridgehead atoms. The third-order valence-electron chi connectivity index (χ3n) is 3.72. The maximum absolute atomic E-state index is 11.0. The Morgan fingerprint density at radius 3 is 2.67 bits per heavy atom. The van der Waals surface area contributed by atoms with Crippen LogP contribution in [0.25, 0.3) is 11.4 Å². The summed E-state index contributed by atoms with van der Waals surface area (Å²) >= 11 is 0. The smallest absolute Gasteiger partial charge is 0.221 e. The first kappa shape index (κ1) is 13.8. The van der Waals surface area contributed by atoms with E-state index in [0.29, 0.717) is 6.04 Å². The molecule has 1 aliphatic rings. The quantitative estimate of drug-likeness (QED) is 0.943. The third kappa shape index (κ3) is 3.13. The molecule has 0 unspecified atom stereocenters. The first-order chi connectivity index (χ1) is 10.2. The summed E-state index contributed by atoms with van der Waals surface area (Å²) in [6.07, 6.45) is 5.92. The van der Waals surface area contributed by atoms with E-state index < -0.39 is 0 Å². The summed E-state index contributed by atoms with van der Waals surface area (Å²) in [6.45, 7) is 3.12. The number of ether oxygens (including phenoxy) is 1. The van der Waals surface area contributed by atoms with Crippen LogP contribution in [0.4, 0.5) is 5.69 Å². The van der Waals surface area contributed by atoms with E-state index in [1.165, 1.54) is 6.92 Å². The van der Waals surface area contributed by atoms with Gasteiger partial charge in [0.05, 0.1) is 0 Å². The Labute approximate surface area is 124 Å². The van der Waals surface area contributed by atoms with E-state index in [-0.39, 0.29) is 5.91 Å². The van der Waals surface area contributed by atoms with Gasteiger partial charge in [-0.1, -0.05) is 0 Å². The van der Waals surface area contributed by atoms with Crippen LogP contribution in [0, 0.1) is 0 Å². The van der Waals surface area contributed by atoms with Crippen molar-refractivity contribution in [2.24, 2.45) is 0 Å². The number of nitrogens with zero attached hydrogens (tertiary/aromatic N) is 2. The highest BCUT2D eigenvalue weighted by Gasteiger charge is 2.18. The average molecular weight is 285 g/mol. The molecular formula is C16H19N3O2. The molecule has 1 aromatic heterocycles. The number of carbonyl (C=O) groups excluding carboxylic acids is 1. The highest BCUT2D eigenvalue weighted by atomic mass is 16.5. The molecule has 5 heteroatoms. The van der Waals surface area contributed by atoms with Crippen molar-refractivity contribution in [1.82, 2.24) is 9.55 Å². The van der Waals surface area contributed by atoms with Gasteiger partial charge in [0.2, 0.25) is 5.91 Å². The second-order valence-corrected chi connectivity index (χ2v) is 5.26. The molecule has 1 saturated heterocycles. The standard InChI is InChI=1S/C16H19N3O2/c1-12(20)18-14-4-2-13(3-5-14)16-17-8-9-19(16)15-6-10-21-11-7-15/h2-5,8-9,15H,6-7,10-11H2,1H3,(H,18,20). The van der Waals surface area contributed by atoms with Crippen molar-refractivity contribution in [2.75, 3.05) is 18.5 Å². The Morgan fingerprint density at radius 2 is 2.00 bits per heavy atom. The normalized spacial score (nSPS) is 15.9. The van der Waals surface area contributed by atoms with Gasteiger partial charge in [-0.2, -0.15) is 0 Å². The van der Waals surface area contributed by atoms with Gasteiger partial charge in [0.1, 0.15) is 5.82 Å². The molecule has 0 aliphatic carbocycles. The van der Waals surface area contributed by atoms with Crippen LogP contribution >= 0.6 is 0 Å². The van der Waals surface area contributed by atoms with Crippen LogP contribution < -0.4 is 5.32 Å². The van der Waals surface area contributed by atoms with Crippen molar-refractivity contribution in [2.45, 2.75) is 25.8 Å². The summed E-state index contributed by atoms with van der Waals surface area (Å²) < 4.78 is 7.65. The third-order valence-corrected chi connectivity index (χ3v) is 3.72. The summed E-state index contributed by atoms with van der Waals surface area (Å²) in [4.78, 5) is 15.5. The maximum atomic E-state index is 11.0. The zero-order chi connectivity index (χ0) is 14.7. The van der Waals surface area contributed by atoms with Crippen LogP contribution in [-0.2, 0) is 9.53 Å². The summed E-state index contributed by atoms with van der Waals surface area (Å²) in [6, 6.07) is 8.23. The molecule has 110 valence electrons. The predicted octanol–water partition coefficient (Wildman–Crippen LogP) is 2.86. The van der Waals surface area contributed by atoms with Crippen molar-refractivity contribution in [3.63, 3.8) is 0 Å². The number of amides is 1. The Kier molecular flexibility index (Phi) is 4.01. The number of hydrogen-bond donors (Lipinski definition) is 1. The molecule has 0 spiro atoms. The Bertz CT molecular complexity index is 613. The van der Waals surface area contributed by atoms with E-state index in [9.17, 15) is 4.79 Å². The van der Waals surface area contributed by atoms with E-state index in [0.717, 1.165) is 43.1 Å². The largest absolute Gasteiger partial charge is 0.381 e. The summed E-state index contributed by atoms with van der Waals surface area (Å²) in [5.41, 5.74) is 1.86. The van der Waals surface area contributed by atoms with Crippen molar-refractivity contribution in [1.29, 1.82) is 0 Å². The van der Waals surface area contributed by atoms with Crippen LogP contribution in [0.3, 0.4) is 0 Å². The lowest BCUT2D eigenvalue weighted by molar-refractivity contribution is -0.114. The van der Waals surface area contributed by atoms with Crippen molar-refractivity contribution in [3.8, 4) is 11.4 Å². The molecular weight excluding hydrogens is 266 g/mol. The molecule has 2 aromatic rings. The van der Waals surface area contributed by atoms with Crippen LogP contribution in [0.5, 0.6) is 0 Å². The van der Waals surface area contributed by atoms with E-state index in [1.54, 1.807) is 0 Å². The molecule has 1 aromatic carbocycles. The van der Waals surface area contributed by atoms with Gasteiger partial charge in [-0.3, -0.25) is 4.79 Å². The highest BCUT2D eigenvalue weighted by molar-refractivity contribution is 5.88. The minimum atomic E-state index is -0.0635. The average Bonchev–Trinajstić information content (AvgIpc) is 2.98. The molecule has 1 aliphatic heterocycles. The van der Waals surface area contributed by atoms with Gasteiger partial charge in [0.25, 0.3) is 0 Å². The second kappa shape index (κ2) is 6.10. The monoisotopic (exact) mass is 285 g/mol. The first-order valence-corrected chi connectivity index (χ1v) is 7.22. The van der Waals surface area contributed by atoms with Crippen molar-refractivity contribution >= 4 is 11.6 Å². The number of anilines is 1. The van der Waals surface area contributed by atoms with Crippen LogP contribution in [0.1, 0.15) is 25.8 Å². The van der Waals surface area contributed by atoms with Crippen molar-refractivity contribution in [3.05, 3.63) is 36.7 Å². The Morgan fingerprint density at radius 1 is 1.29 bits per heavy atom. The first-order valence-electron chi connectivity index (χ1n) is 7.22. The molecule has 5 nitrogen and oxygen atoms in total. The number of imidazole rings is 1. The van der Waals surface area contributed by atoms with E-state index in [1.807, 2.05) is 36.7 Å². The highest BCUT2D eigenvalue weighted by Crippen LogP contribution is 2.27. The van der Waals surface area contributed by atoms with Gasteiger partial charge in [0.15, 0.2) is 0 Å². The van der Waals surface area contributed by atoms with Gasteiger partial charge < -0.3 is 14.6 Å². The summed E-state index contributed by atoms with van der Waals surface area (Å²) in [7, 11) is 0. The van der Waals surface area contributed by atoms with Crippen LogP contribution in [0.15, 0.2) is 36.7 Å². The molecule has 1 N–H and O–H groups in total. The van der Waals surface area contributed by atoms with Gasteiger partial charge in [-0.05, 0) is 37.1 Å². The van der Waals surface area contributed by atoms with Crippen LogP contribution in [-0.4, -0.2) is 28.7 Å². The number of nitrogens with one attached hydrogen (secondary N) is 1. The molecule has 0 saturated carbocycles. The van der Waals surface area contributed by atoms with E-state index >= 15 is 0 Å². The molecule has 0 atom stereocenters. The van der Waals surface area contributed by atoms with Gasteiger partial charge in [-0.15, -0.1) is 0 Å². The second-order valence-electron chi connectivity index (χ2n) is 5.26. The zero-order valence-corrected chi connectivity index (χ0v) is 12.1. The summed E-state index contributed by atoms with van der Waals surface area (Å²) in [5, 5.41) is 2.77. The van der Waals surface area contributed by atoms with Gasteiger partial charge in [0, 0.05) is 49.8 Å². The topological polar surface area (TPSA) is 56.2 Å². The van der Waals surface area contributed by atoms with Crippen LogP contribution in [0.2, 0.25) is 0 Å². The Balaban J connectivity index is 1.83. The minimum Gasteiger partial charge on any atom is -0.381 e. The maximum Gasteiger partial charge on any atom is 0.221 e. The Hall–Kier alpha value is -2.14. The van der Waals surface area contributed by atoms with E-state index in [4.69, 9.17) is 4.74 Å². The number of aromatic nitrogens is 2. The van der Waals surface area contributed by atoms with Crippen molar-refractivity contribution < 1.29 is 9.53 Å². The molecule has 21 heavy (non-hydrogen) atoms. The number of benzene rings is 1. The fraction of sp³-hybridized carbons (Fsp3) is 0.375. The molecule has 3 rings (SSSR count). The van der Waals surface area contributed by atoms with Gasteiger partial charge in [-0.25, -0.2) is 4.98 Å². The lowest BCUT2D eigenvalue weighted by Crippen LogP contribution is -2.19. The fourth-order valence-electron chi connectivity index (χ4n) is 2.70. The molecule has 1 fully saturated rings. The van der Waals surface area contributed by atoms with E-state index in [2.05, 4.69) is 14.9 Å². The fourth-order valence-corrected chi connectivity index (χ4v) is 2.70. The molecule has 2 heterocycles. The SMILES string of the molecule is CC(=O)Nc1ccc(-c2nccn2C2CCOCC2)cc1. The lowest BCUT2D eigenvalue weighted by Gasteiger charge is -2.25. The molecule has 0 radical (unpaired) electrons. The van der Waals surface area contributed by atoms with Gasteiger partial charge >= 0.3 is 0 Å². The summed E-state index contributed by atoms with van der Waals surface area (Å²) in [5.74, 6) is 0.905. The number of carbonyl (C=O) groups is 1. The minimum absolute atomic E-state index is 0.0635. The predicted molar refractivity (Wildman–Crippen MR) is 81.1 cm³/mol. The number of hydrogen-bond acceptors (Lipinski definition) is 3. The zero-order valence-electron chi connectivity index (χ0n) is 12.1.